The zero-order valence-corrected chi connectivity index (χ0v) is 73.7. The maximum absolute atomic E-state index is 5.94. The highest BCUT2D eigenvalue weighted by Crippen LogP contribution is 2.28. The lowest BCUT2D eigenvalue weighted by molar-refractivity contribution is 0.122. The zero-order chi connectivity index (χ0) is 88.7. The van der Waals surface area contributed by atoms with Crippen LogP contribution in [0.15, 0.2) is 246 Å². The molecule has 0 amide bonds. The molecule has 0 saturated carbocycles. The number of rotatable bonds is 33. The van der Waals surface area contributed by atoms with Crippen LogP contribution in [0.3, 0.4) is 0 Å². The van der Waals surface area contributed by atoms with Gasteiger partial charge < -0.3 is 57.7 Å². The summed E-state index contributed by atoms with van der Waals surface area (Å²) in [6, 6.07) is 65.1. The number of anilines is 8. The van der Waals surface area contributed by atoms with Crippen LogP contribution in [0.5, 0.6) is 18.0 Å². The minimum atomic E-state index is 0.315. The Morgan fingerprint density at radius 1 is 0.434 bits per heavy atom. The van der Waals surface area contributed by atoms with Gasteiger partial charge in [-0.3, -0.25) is 41.2 Å². The Morgan fingerprint density at radius 2 is 0.876 bits per heavy atom. The molecule has 32 nitrogen and oxygen atoms in total. The molecule has 4 aromatic carbocycles. The normalized spacial score (nSPS) is 14.1. The number of hydrogen-bond acceptors (Lipinski definition) is 31. The molecule has 17 rings (SSSR count). The Bertz CT molecular complexity index is 5720. The van der Waals surface area contributed by atoms with E-state index in [2.05, 4.69) is 180 Å². The predicted molar refractivity (Wildman–Crippen MR) is 508 cm³/mol. The monoisotopic (exact) mass is 1740 g/mol. The number of benzene rings is 4. The molecule has 13 aromatic rings. The first kappa shape index (κ1) is 90.9. The van der Waals surface area contributed by atoms with Gasteiger partial charge in [-0.2, -0.15) is 50.3 Å². The van der Waals surface area contributed by atoms with Crippen LogP contribution in [-0.2, 0) is 57.5 Å². The Balaban J connectivity index is 0.000000139. The number of aryl methyl sites for hydroxylation is 5. The van der Waals surface area contributed by atoms with Crippen molar-refractivity contribution < 1.29 is 33.2 Å². The van der Waals surface area contributed by atoms with E-state index < -0.39 is 0 Å². The number of nitrogens with one attached hydrogen (secondary N) is 4. The van der Waals surface area contributed by atoms with Gasteiger partial charge in [-0.1, -0.05) is 133 Å². The van der Waals surface area contributed by atoms with Gasteiger partial charge in [-0.25, -0.2) is 9.97 Å². The SMILES string of the molecule is C/C(=N\Nc1cc(N2CCOCC2)nc(OCCc2ccccn2)n1)c1cccc(C)c1.CCc1cccc(/C=N/Nc2cc(N3CCOCC3)nc(OCCc3ccccn3)n2)c1.CN(/N=C/c1c[nH]c2ccccc12)c1cc(N2CCOCC2)nc(OCCc2ccccn2)n1.Cc1cccc(/C=N/Nc2cc(N3CCOCC3)nc(CCCc3ccccn3)n2)c1. The largest absolute Gasteiger partial charge is 0.463 e. The van der Waals surface area contributed by atoms with Gasteiger partial charge in [0.1, 0.15) is 29.1 Å². The third-order valence-corrected chi connectivity index (χ3v) is 21.0. The Morgan fingerprint density at radius 3 is 1.37 bits per heavy atom. The number of morpholine rings is 4. The molecule has 4 aliphatic rings. The predicted octanol–water partition coefficient (Wildman–Crippen LogP) is 13.7. The lowest BCUT2D eigenvalue weighted by Crippen LogP contribution is -2.37. The summed E-state index contributed by atoms with van der Waals surface area (Å²) in [6.45, 7) is 21.3. The van der Waals surface area contributed by atoms with Gasteiger partial charge in [0.25, 0.3) is 0 Å². The van der Waals surface area contributed by atoms with Crippen LogP contribution in [0.25, 0.3) is 10.9 Å². The van der Waals surface area contributed by atoms with E-state index >= 15 is 0 Å². The van der Waals surface area contributed by atoms with E-state index in [1.807, 2.05) is 184 Å². The molecule has 32 heteroatoms. The molecule has 0 bridgehead atoms. The van der Waals surface area contributed by atoms with Crippen molar-refractivity contribution in [3.63, 3.8) is 0 Å². The van der Waals surface area contributed by atoms with Gasteiger partial charge in [0, 0.05) is 180 Å². The van der Waals surface area contributed by atoms with Gasteiger partial charge >= 0.3 is 18.0 Å². The number of hydrogen-bond donors (Lipinski definition) is 4. The Hall–Kier alpha value is -14.3. The molecule has 4 saturated heterocycles. The molecule has 666 valence electrons. The highest BCUT2D eigenvalue weighted by Gasteiger charge is 2.22. The van der Waals surface area contributed by atoms with Crippen molar-refractivity contribution in [3.05, 3.63) is 293 Å². The highest BCUT2D eigenvalue weighted by molar-refractivity contribution is 6.00. The fourth-order valence-electron chi connectivity index (χ4n) is 14.0. The molecule has 0 aliphatic carbocycles. The summed E-state index contributed by atoms with van der Waals surface area (Å²) in [7, 11) is 1.87. The van der Waals surface area contributed by atoms with E-state index in [0.29, 0.717) is 133 Å². The molecule has 0 unspecified atom stereocenters. The second-order valence-corrected chi connectivity index (χ2v) is 30.5. The number of pyridine rings is 4. The molecule has 0 radical (unpaired) electrons. The number of fused-ring (bicyclic) bond motifs is 1. The fourth-order valence-corrected chi connectivity index (χ4v) is 14.0. The number of H-pyrrole nitrogens is 1. The molecular weight excluding hydrogens is 1630 g/mol. The summed E-state index contributed by atoms with van der Waals surface area (Å²) < 4.78 is 39.6. The van der Waals surface area contributed by atoms with E-state index in [9.17, 15) is 0 Å². The number of para-hydroxylation sites is 1. The van der Waals surface area contributed by atoms with Crippen molar-refractivity contribution in [2.24, 2.45) is 20.4 Å². The van der Waals surface area contributed by atoms with Gasteiger partial charge in [-0.05, 0) is 117 Å². The van der Waals surface area contributed by atoms with Gasteiger partial charge in [-0.15, -0.1) is 0 Å². The van der Waals surface area contributed by atoms with Gasteiger partial charge in [0.15, 0.2) is 23.3 Å². The fraction of sp³-hybridized carbons (Fsp3) is 0.320. The van der Waals surface area contributed by atoms with E-state index in [0.717, 1.165) is 169 Å². The minimum Gasteiger partial charge on any atom is -0.463 e. The van der Waals surface area contributed by atoms with Crippen molar-refractivity contribution in [1.82, 2.24) is 64.8 Å². The summed E-state index contributed by atoms with van der Waals surface area (Å²) in [6.07, 6.45) is 20.2. The third kappa shape index (κ3) is 29.4. The van der Waals surface area contributed by atoms with Crippen LogP contribution in [0, 0.1) is 13.8 Å². The zero-order valence-electron chi connectivity index (χ0n) is 73.7. The van der Waals surface area contributed by atoms with Crippen LogP contribution < -0.4 is 55.1 Å². The van der Waals surface area contributed by atoms with E-state index in [1.165, 1.54) is 16.7 Å². The second-order valence-electron chi connectivity index (χ2n) is 30.5. The summed E-state index contributed by atoms with van der Waals surface area (Å²) in [5, 5.41) is 20.8. The van der Waals surface area contributed by atoms with E-state index in [4.69, 9.17) is 43.1 Å². The smallest absolute Gasteiger partial charge is 0.320 e. The molecule has 4 N–H and O–H groups in total. The lowest BCUT2D eigenvalue weighted by atomic mass is 10.1. The van der Waals surface area contributed by atoms with Crippen LogP contribution in [0.4, 0.5) is 46.5 Å². The quantitative estimate of drug-likeness (QED) is 0.0219. The molecule has 0 spiro atoms. The lowest BCUT2D eigenvalue weighted by Gasteiger charge is -2.28. The number of aromatic amines is 1. The van der Waals surface area contributed by atoms with Crippen LogP contribution in [-0.4, -0.2) is 221 Å². The highest BCUT2D eigenvalue weighted by atomic mass is 16.5. The van der Waals surface area contributed by atoms with Crippen molar-refractivity contribution in [2.75, 3.05) is 173 Å². The maximum Gasteiger partial charge on any atom is 0.320 e. The first-order valence-corrected chi connectivity index (χ1v) is 43.8. The summed E-state index contributed by atoms with van der Waals surface area (Å²) in [5.41, 5.74) is 23.0. The van der Waals surface area contributed by atoms with Crippen molar-refractivity contribution in [2.45, 2.75) is 72.6 Å². The van der Waals surface area contributed by atoms with Crippen molar-refractivity contribution in [1.29, 1.82) is 0 Å². The van der Waals surface area contributed by atoms with Gasteiger partial charge in [0.05, 0.1) is 97.0 Å². The Kier molecular flexibility index (Phi) is 34.5. The molecule has 13 heterocycles. The first-order chi connectivity index (χ1) is 63.5. The number of nitrogens with zero attached hydrogens (tertiary/aromatic N) is 21. The standard InChI is InChI=1S/C25H27N7O2.2C24H28N6O2.C24H28N6O/c1-31(28-18-19-17-27-22-8-3-2-7-21(19)22)23-16-24(32-11-14-33-15-12-32)30-25(29-23)34-13-9-20-6-4-5-10-26-20;1-18-6-5-7-20(16-18)19(2)28-29-22-17-23(30-11-14-31-15-12-30)27-24(26-22)32-13-9-21-8-3-4-10-25-21;1-2-19-6-5-7-20(16-19)18-26-29-22-17-23(30-11-14-31-15-12-30)28-24(27-22)32-13-9-21-8-3-4-10-25-21;1-19-6-4-7-20(16-19)18-26-29-23-17-24(30-12-14-31-15-13-30)28-22(27-23)10-5-9-21-8-2-3-11-25-21/h2-8,10,16-18,27H,9,11-15H2,1H3;3-8,10,16-17H,9,11-15H2,1-2H3,(H,26,27,29);3-8,10,16-18H,2,9,11-15H2,1H3,(H,27,28,29);2-4,6-8,11,16-18H,5,9-10,12-15H2,1H3,(H,27,28,29)/b28-18+;28-19+;2*26-18+. The summed E-state index contributed by atoms with van der Waals surface area (Å²) in [5.74, 6) is 6.64. The average molecular weight is 1740 g/mol. The van der Waals surface area contributed by atoms with Crippen molar-refractivity contribution >= 4 is 81.8 Å². The molecule has 9 aromatic heterocycles. The number of hydrazone groups is 4. The second kappa shape index (κ2) is 49.0. The molecule has 4 fully saturated rings. The first-order valence-electron chi connectivity index (χ1n) is 43.8. The van der Waals surface area contributed by atoms with Crippen LogP contribution in [0.2, 0.25) is 0 Å². The molecule has 0 atom stereocenters. The molecule has 4 aliphatic heterocycles. The van der Waals surface area contributed by atoms with E-state index in [-0.39, 0.29) is 0 Å². The third-order valence-electron chi connectivity index (χ3n) is 21.0. The van der Waals surface area contributed by atoms with E-state index in [1.54, 1.807) is 29.8 Å². The minimum absolute atomic E-state index is 0.315. The summed E-state index contributed by atoms with van der Waals surface area (Å²) in [4.78, 5) is 66.4. The number of ether oxygens (including phenoxy) is 7. The Labute approximate surface area is 752 Å². The molecular formula is C97H111N25O7. The van der Waals surface area contributed by atoms with Crippen LogP contribution in [0.1, 0.15) is 87.8 Å². The molecule has 129 heavy (non-hydrogen) atoms. The van der Waals surface area contributed by atoms with Gasteiger partial charge in [0.2, 0.25) is 0 Å². The number of aromatic nitrogens is 13. The maximum atomic E-state index is 5.94. The summed E-state index contributed by atoms with van der Waals surface area (Å²) >= 11 is 0. The van der Waals surface area contributed by atoms with Crippen LogP contribution >= 0.6 is 0 Å². The average Bonchev–Trinajstić information content (AvgIpc) is 1.73. The van der Waals surface area contributed by atoms with Crippen molar-refractivity contribution in [3.8, 4) is 18.0 Å². The topological polar surface area (TPSA) is 337 Å².